The number of hydrogen-bond acceptors (Lipinski definition) is 10. The van der Waals surface area contributed by atoms with E-state index >= 15 is 0 Å². The zero-order valence-electron chi connectivity index (χ0n) is 19.5. The molecule has 0 spiro atoms. The maximum atomic E-state index is 11.7. The molecule has 35 heavy (non-hydrogen) atoms. The summed E-state index contributed by atoms with van der Waals surface area (Å²) in [5.74, 6) is 1.54. The number of anilines is 3. The van der Waals surface area contributed by atoms with Crippen LogP contribution in [0.5, 0.6) is 0 Å². The Balaban J connectivity index is 1.69. The van der Waals surface area contributed by atoms with Crippen LogP contribution in [0, 0.1) is 0 Å². The minimum atomic E-state index is -3.30. The molecule has 0 saturated carbocycles. The molecule has 2 heterocycles. The van der Waals surface area contributed by atoms with Gasteiger partial charge in [0.15, 0.2) is 15.7 Å². The summed E-state index contributed by atoms with van der Waals surface area (Å²) < 4.78 is 28.9. The molecule has 0 amide bonds. The number of benzene rings is 2. The number of nitrogens with one attached hydrogen (secondary N) is 2. The second-order valence-electron chi connectivity index (χ2n) is 8.28. The molecule has 0 aliphatic carbocycles. The lowest BCUT2D eigenvalue weighted by Gasteiger charge is -2.19. The third-order valence-corrected chi connectivity index (χ3v) is 6.34. The zero-order chi connectivity index (χ0) is 25.0. The third-order valence-electron chi connectivity index (χ3n) is 5.21. The number of aliphatic hydroxyl groups is 1. The Bertz CT molecular complexity index is 1390. The van der Waals surface area contributed by atoms with Gasteiger partial charge in [-0.3, -0.25) is 0 Å². The summed E-state index contributed by atoms with van der Waals surface area (Å²) in [5.41, 5.74) is 1.97. The lowest BCUT2D eigenvalue weighted by molar-refractivity contribution is 0.276. The van der Waals surface area contributed by atoms with Crippen LogP contribution in [0.1, 0.15) is 37.2 Å². The van der Waals surface area contributed by atoms with E-state index in [4.69, 9.17) is 4.52 Å². The molecule has 2 aromatic heterocycles. The fourth-order valence-electron chi connectivity index (χ4n) is 3.29. The Hall–Kier alpha value is -3.83. The number of nitrogens with zero attached hydrogens (tertiary/aromatic N) is 4. The van der Waals surface area contributed by atoms with Crippen LogP contribution in [-0.4, -0.2) is 46.5 Å². The van der Waals surface area contributed by atoms with E-state index in [1.807, 2.05) is 44.2 Å². The number of rotatable bonds is 9. The highest BCUT2D eigenvalue weighted by Gasteiger charge is 2.20. The Kier molecular flexibility index (Phi) is 7.08. The number of aromatic nitrogens is 4. The van der Waals surface area contributed by atoms with Gasteiger partial charge in [-0.05, 0) is 29.8 Å². The molecular weight excluding hydrogens is 468 g/mol. The molecule has 0 bridgehead atoms. The van der Waals surface area contributed by atoms with Gasteiger partial charge in [-0.2, -0.15) is 9.97 Å². The Morgan fingerprint density at radius 1 is 1.03 bits per heavy atom. The van der Waals surface area contributed by atoms with E-state index < -0.39 is 15.9 Å². The average molecular weight is 495 g/mol. The number of sulfone groups is 1. The molecular formula is C24H26N6O4S. The van der Waals surface area contributed by atoms with E-state index in [0.717, 1.165) is 11.8 Å². The molecule has 4 aromatic rings. The van der Waals surface area contributed by atoms with Crippen LogP contribution in [-0.2, 0) is 9.84 Å². The van der Waals surface area contributed by atoms with E-state index in [-0.39, 0.29) is 29.3 Å². The average Bonchev–Trinajstić information content (AvgIpc) is 3.33. The normalized spacial score (nSPS) is 12.5. The van der Waals surface area contributed by atoms with Crippen molar-refractivity contribution in [3.63, 3.8) is 0 Å². The van der Waals surface area contributed by atoms with E-state index in [9.17, 15) is 13.5 Å². The first-order valence-electron chi connectivity index (χ1n) is 10.9. The van der Waals surface area contributed by atoms with Crippen molar-refractivity contribution in [1.82, 2.24) is 20.1 Å². The molecule has 182 valence electrons. The Labute approximate surface area is 203 Å². The molecule has 0 fully saturated rings. The van der Waals surface area contributed by atoms with Crippen LogP contribution >= 0.6 is 0 Å². The lowest BCUT2D eigenvalue weighted by atomic mass is 10.1. The molecule has 2 aromatic carbocycles. The van der Waals surface area contributed by atoms with Crippen molar-refractivity contribution < 1.29 is 18.0 Å². The summed E-state index contributed by atoms with van der Waals surface area (Å²) in [6.45, 7) is 3.75. The molecule has 1 atom stereocenters. The van der Waals surface area contributed by atoms with Crippen molar-refractivity contribution in [3.8, 4) is 11.5 Å². The minimum Gasteiger partial charge on any atom is -0.394 e. The molecule has 0 aliphatic heterocycles. The van der Waals surface area contributed by atoms with Crippen molar-refractivity contribution in [1.29, 1.82) is 0 Å². The van der Waals surface area contributed by atoms with Gasteiger partial charge >= 0.3 is 0 Å². The monoisotopic (exact) mass is 494 g/mol. The van der Waals surface area contributed by atoms with Gasteiger partial charge in [-0.1, -0.05) is 49.3 Å². The quantitative estimate of drug-likeness (QED) is 0.313. The lowest BCUT2D eigenvalue weighted by Crippen LogP contribution is -2.17. The van der Waals surface area contributed by atoms with Gasteiger partial charge in [0, 0.05) is 24.1 Å². The van der Waals surface area contributed by atoms with Crippen molar-refractivity contribution in [2.24, 2.45) is 0 Å². The molecule has 0 unspecified atom stereocenters. The van der Waals surface area contributed by atoms with E-state index in [2.05, 4.69) is 30.7 Å². The van der Waals surface area contributed by atoms with Gasteiger partial charge in [0.25, 0.3) is 5.89 Å². The highest BCUT2D eigenvalue weighted by atomic mass is 32.2. The number of hydrogen-bond donors (Lipinski definition) is 3. The highest BCUT2D eigenvalue weighted by Crippen LogP contribution is 2.30. The Morgan fingerprint density at radius 3 is 2.34 bits per heavy atom. The van der Waals surface area contributed by atoms with Crippen molar-refractivity contribution in [3.05, 3.63) is 72.2 Å². The smallest absolute Gasteiger partial charge is 0.263 e. The van der Waals surface area contributed by atoms with Crippen LogP contribution in [0.2, 0.25) is 0 Å². The predicted molar refractivity (Wildman–Crippen MR) is 132 cm³/mol. The van der Waals surface area contributed by atoms with E-state index in [0.29, 0.717) is 22.9 Å². The zero-order valence-corrected chi connectivity index (χ0v) is 20.3. The fourth-order valence-corrected chi connectivity index (χ4v) is 3.92. The highest BCUT2D eigenvalue weighted by molar-refractivity contribution is 7.90. The second-order valence-corrected chi connectivity index (χ2v) is 10.3. The molecule has 0 saturated heterocycles. The summed E-state index contributed by atoms with van der Waals surface area (Å²) in [4.78, 5) is 13.6. The summed E-state index contributed by atoms with van der Waals surface area (Å²) in [7, 11) is -3.30. The van der Waals surface area contributed by atoms with Gasteiger partial charge in [-0.15, -0.1) is 0 Å². The van der Waals surface area contributed by atoms with Crippen LogP contribution in [0.4, 0.5) is 17.5 Å². The van der Waals surface area contributed by atoms with E-state index in [1.54, 1.807) is 18.3 Å². The van der Waals surface area contributed by atoms with Crippen LogP contribution in [0.25, 0.3) is 11.5 Å². The first-order chi connectivity index (χ1) is 16.7. The molecule has 0 radical (unpaired) electrons. The fraction of sp³-hybridized carbons (Fsp3) is 0.250. The van der Waals surface area contributed by atoms with Crippen molar-refractivity contribution in [2.45, 2.75) is 30.7 Å². The molecule has 10 nitrogen and oxygen atoms in total. The van der Waals surface area contributed by atoms with Crippen molar-refractivity contribution in [2.75, 3.05) is 23.5 Å². The standard InChI is InChI=1S/C24H26N6O4S/c1-15(2)21-28-23(34-30-21)19-13-25-24(26-17-9-11-18(12-10-17)35(3,32)33)29-22(19)27-20(14-31)16-7-5-4-6-8-16/h4-13,15,20,31H,14H2,1-3H3,(H2,25,26,27,29)/t20-/m1/s1. The minimum absolute atomic E-state index is 0.0789. The van der Waals surface area contributed by atoms with Crippen molar-refractivity contribution >= 4 is 27.3 Å². The summed E-state index contributed by atoms with van der Waals surface area (Å²) in [6.07, 6.45) is 2.71. The third kappa shape index (κ3) is 5.81. The first kappa shape index (κ1) is 24.3. The second kappa shape index (κ2) is 10.2. The van der Waals surface area contributed by atoms with Crippen LogP contribution in [0.3, 0.4) is 0 Å². The van der Waals surface area contributed by atoms with Gasteiger partial charge in [0.1, 0.15) is 11.4 Å². The summed E-state index contributed by atoms with van der Waals surface area (Å²) in [5, 5.41) is 20.4. The topological polar surface area (TPSA) is 143 Å². The molecule has 11 heteroatoms. The summed E-state index contributed by atoms with van der Waals surface area (Å²) in [6, 6.07) is 15.3. The largest absolute Gasteiger partial charge is 0.394 e. The first-order valence-corrected chi connectivity index (χ1v) is 12.8. The van der Waals surface area contributed by atoms with Gasteiger partial charge in [-0.25, -0.2) is 13.4 Å². The van der Waals surface area contributed by atoms with Crippen LogP contribution < -0.4 is 10.6 Å². The van der Waals surface area contributed by atoms with Crippen LogP contribution in [0.15, 0.2) is 70.2 Å². The summed E-state index contributed by atoms with van der Waals surface area (Å²) >= 11 is 0. The molecule has 3 N–H and O–H groups in total. The predicted octanol–water partition coefficient (Wildman–Crippen LogP) is 3.94. The molecule has 0 aliphatic rings. The van der Waals surface area contributed by atoms with E-state index in [1.165, 1.54) is 12.1 Å². The van der Waals surface area contributed by atoms with Gasteiger partial charge < -0.3 is 20.3 Å². The van der Waals surface area contributed by atoms with Gasteiger partial charge in [0.05, 0.1) is 17.5 Å². The SMILES string of the molecule is CC(C)c1noc(-c2cnc(Nc3ccc(S(C)(=O)=O)cc3)nc2N[C@H](CO)c2ccccc2)n1. The van der Waals surface area contributed by atoms with Gasteiger partial charge in [0.2, 0.25) is 5.95 Å². The number of aliphatic hydroxyl groups excluding tert-OH is 1. The molecule has 4 rings (SSSR count). The maximum Gasteiger partial charge on any atom is 0.263 e. The maximum absolute atomic E-state index is 11.7. The Morgan fingerprint density at radius 2 is 1.74 bits per heavy atom.